The minimum absolute atomic E-state index is 0.0168. The fraction of sp³-hybridized carbons (Fsp3) is 0.231. The fourth-order valence-electron chi connectivity index (χ4n) is 4.48. The highest BCUT2D eigenvalue weighted by Gasteiger charge is 2.61. The zero-order chi connectivity index (χ0) is 20.6. The highest BCUT2D eigenvalue weighted by molar-refractivity contribution is 5.98. The molecule has 0 aliphatic heterocycles. The Kier molecular flexibility index (Phi) is 4.83. The minimum atomic E-state index is -0.292. The van der Waals surface area contributed by atoms with E-state index in [9.17, 15) is 9.59 Å². The molecule has 1 atom stereocenters. The number of anilines is 1. The highest BCUT2D eigenvalue weighted by atomic mass is 16.2. The average Bonchev–Trinajstić information content (AvgIpc) is 3.45. The topological polar surface area (TPSA) is 46.2 Å². The maximum Gasteiger partial charge on any atom is 0.228 e. The van der Waals surface area contributed by atoms with Gasteiger partial charge in [-0.2, -0.15) is 0 Å². The van der Waals surface area contributed by atoms with Crippen LogP contribution in [0.5, 0.6) is 0 Å². The molecule has 1 aliphatic rings. The second kappa shape index (κ2) is 7.32. The van der Waals surface area contributed by atoms with E-state index in [0.717, 1.165) is 12.1 Å². The van der Waals surface area contributed by atoms with Crippen molar-refractivity contribution in [2.45, 2.75) is 32.6 Å². The Labute approximate surface area is 171 Å². The number of carbonyl (C=O) groups is 2. The summed E-state index contributed by atoms with van der Waals surface area (Å²) in [6.07, 6.45) is 0.792. The van der Waals surface area contributed by atoms with Gasteiger partial charge in [-0.25, -0.2) is 0 Å². The number of Topliss-reactive ketones (excluding diaryl/α,β-unsaturated/α-hetero) is 1. The molecule has 3 aromatic carbocycles. The van der Waals surface area contributed by atoms with Crippen molar-refractivity contribution < 1.29 is 9.59 Å². The summed E-state index contributed by atoms with van der Waals surface area (Å²) >= 11 is 0. The van der Waals surface area contributed by atoms with E-state index < -0.39 is 0 Å². The third-order valence-corrected chi connectivity index (χ3v) is 6.09. The van der Waals surface area contributed by atoms with E-state index in [1.807, 2.05) is 12.1 Å². The van der Waals surface area contributed by atoms with Crippen molar-refractivity contribution in [2.24, 2.45) is 5.92 Å². The van der Waals surface area contributed by atoms with E-state index in [2.05, 4.69) is 55.6 Å². The van der Waals surface area contributed by atoms with E-state index >= 15 is 0 Å². The second-order valence-electron chi connectivity index (χ2n) is 7.98. The first-order chi connectivity index (χ1) is 13.9. The van der Waals surface area contributed by atoms with Crippen LogP contribution in [0.15, 0.2) is 72.8 Å². The Balaban J connectivity index is 1.67. The van der Waals surface area contributed by atoms with Crippen molar-refractivity contribution >= 4 is 17.4 Å². The number of carbonyl (C=O) groups excluding carboxylic acids is 2. The Bertz CT molecular complexity index is 1040. The van der Waals surface area contributed by atoms with E-state index in [-0.39, 0.29) is 23.0 Å². The van der Waals surface area contributed by atoms with Crippen molar-refractivity contribution in [2.75, 3.05) is 5.32 Å². The Morgan fingerprint density at radius 1 is 0.828 bits per heavy atom. The predicted octanol–water partition coefficient (Wildman–Crippen LogP) is 5.45. The quantitative estimate of drug-likeness (QED) is 0.596. The Morgan fingerprint density at radius 3 is 1.83 bits per heavy atom. The van der Waals surface area contributed by atoms with Crippen LogP contribution < -0.4 is 5.32 Å². The van der Waals surface area contributed by atoms with Crippen LogP contribution >= 0.6 is 0 Å². The van der Waals surface area contributed by atoms with Crippen molar-refractivity contribution in [1.29, 1.82) is 0 Å². The van der Waals surface area contributed by atoms with Gasteiger partial charge in [0.15, 0.2) is 5.78 Å². The molecule has 0 saturated heterocycles. The standard InChI is InChI=1S/C26H25NO2/c1-17-8-4-6-10-22(17)26(23-11-7-5-9-18(23)2)16-24(26)25(29)27-21-14-12-20(13-15-21)19(3)28/h4-15,24H,16H2,1-3H3,(H,27,29). The van der Waals surface area contributed by atoms with E-state index in [1.165, 1.54) is 29.2 Å². The predicted molar refractivity (Wildman–Crippen MR) is 116 cm³/mol. The molecule has 1 fully saturated rings. The molecule has 4 rings (SSSR count). The van der Waals surface area contributed by atoms with Gasteiger partial charge in [-0.15, -0.1) is 0 Å². The van der Waals surface area contributed by atoms with E-state index in [0.29, 0.717) is 5.56 Å². The molecule has 3 aromatic rings. The van der Waals surface area contributed by atoms with Gasteiger partial charge >= 0.3 is 0 Å². The first kappa shape index (κ1) is 19.1. The van der Waals surface area contributed by atoms with Crippen LogP contribution in [0.3, 0.4) is 0 Å². The third-order valence-electron chi connectivity index (χ3n) is 6.09. The average molecular weight is 383 g/mol. The molecule has 1 saturated carbocycles. The molecule has 0 aromatic heterocycles. The van der Waals surface area contributed by atoms with Crippen molar-refractivity contribution in [3.8, 4) is 0 Å². The Morgan fingerprint density at radius 2 is 1.34 bits per heavy atom. The van der Waals surface area contributed by atoms with Crippen molar-refractivity contribution in [3.63, 3.8) is 0 Å². The molecule has 0 heterocycles. The SMILES string of the molecule is CC(=O)c1ccc(NC(=O)C2CC2(c2ccccc2C)c2ccccc2C)cc1. The molecule has 0 radical (unpaired) electrons. The molecule has 1 amide bonds. The van der Waals surface area contributed by atoms with Gasteiger partial charge in [0.2, 0.25) is 5.91 Å². The lowest BCUT2D eigenvalue weighted by Crippen LogP contribution is -2.23. The molecule has 29 heavy (non-hydrogen) atoms. The molecule has 0 bridgehead atoms. The normalized spacial score (nSPS) is 16.9. The van der Waals surface area contributed by atoms with Gasteiger partial charge < -0.3 is 5.32 Å². The fourth-order valence-corrected chi connectivity index (χ4v) is 4.48. The largest absolute Gasteiger partial charge is 0.326 e. The summed E-state index contributed by atoms with van der Waals surface area (Å²) in [5, 5.41) is 3.05. The van der Waals surface area contributed by atoms with Crippen LogP contribution in [0.1, 0.15) is 46.0 Å². The number of nitrogens with one attached hydrogen (secondary N) is 1. The summed E-state index contributed by atoms with van der Waals surface area (Å²) in [6, 6.07) is 23.8. The molecule has 1 aliphatic carbocycles. The van der Waals surface area contributed by atoms with Crippen LogP contribution in [-0.4, -0.2) is 11.7 Å². The molecule has 0 spiro atoms. The molecule has 1 N–H and O–H groups in total. The monoisotopic (exact) mass is 383 g/mol. The lowest BCUT2D eigenvalue weighted by atomic mass is 9.81. The lowest BCUT2D eigenvalue weighted by Gasteiger charge is -2.23. The molecule has 3 heteroatoms. The first-order valence-corrected chi connectivity index (χ1v) is 9.97. The van der Waals surface area contributed by atoms with Gasteiger partial charge in [-0.05, 0) is 73.7 Å². The lowest BCUT2D eigenvalue weighted by molar-refractivity contribution is -0.117. The van der Waals surface area contributed by atoms with E-state index in [4.69, 9.17) is 0 Å². The maximum absolute atomic E-state index is 13.2. The van der Waals surface area contributed by atoms with Gasteiger partial charge in [0.05, 0.1) is 5.92 Å². The van der Waals surface area contributed by atoms with Gasteiger partial charge in [0.1, 0.15) is 0 Å². The summed E-state index contributed by atoms with van der Waals surface area (Å²) in [5.74, 6) is -0.0903. The summed E-state index contributed by atoms with van der Waals surface area (Å²) in [5.41, 5.74) is 5.93. The number of amides is 1. The zero-order valence-corrected chi connectivity index (χ0v) is 17.0. The zero-order valence-electron chi connectivity index (χ0n) is 17.0. The summed E-state index contributed by atoms with van der Waals surface area (Å²) < 4.78 is 0. The summed E-state index contributed by atoms with van der Waals surface area (Å²) in [6.45, 7) is 5.77. The van der Waals surface area contributed by atoms with Crippen LogP contribution in [0.2, 0.25) is 0 Å². The van der Waals surface area contributed by atoms with Crippen LogP contribution in [0.4, 0.5) is 5.69 Å². The molecule has 1 unspecified atom stereocenters. The van der Waals surface area contributed by atoms with Crippen LogP contribution in [0.25, 0.3) is 0 Å². The number of hydrogen-bond donors (Lipinski definition) is 1. The smallest absolute Gasteiger partial charge is 0.228 e. The van der Waals surface area contributed by atoms with Gasteiger partial charge in [0, 0.05) is 16.7 Å². The van der Waals surface area contributed by atoms with Crippen molar-refractivity contribution in [1.82, 2.24) is 0 Å². The molecular weight excluding hydrogens is 358 g/mol. The van der Waals surface area contributed by atoms with Gasteiger partial charge in [-0.3, -0.25) is 9.59 Å². The Hall–Kier alpha value is -3.20. The third kappa shape index (κ3) is 3.38. The number of rotatable bonds is 5. The van der Waals surface area contributed by atoms with Crippen molar-refractivity contribution in [3.05, 3.63) is 101 Å². The van der Waals surface area contributed by atoms with Crippen LogP contribution in [-0.2, 0) is 10.2 Å². The highest BCUT2D eigenvalue weighted by Crippen LogP contribution is 2.60. The summed E-state index contributed by atoms with van der Waals surface area (Å²) in [4.78, 5) is 24.7. The number of benzene rings is 3. The number of aryl methyl sites for hydroxylation is 2. The van der Waals surface area contributed by atoms with Gasteiger partial charge in [0.25, 0.3) is 0 Å². The van der Waals surface area contributed by atoms with Crippen LogP contribution in [0, 0.1) is 19.8 Å². The van der Waals surface area contributed by atoms with E-state index in [1.54, 1.807) is 24.3 Å². The second-order valence-corrected chi connectivity index (χ2v) is 7.98. The number of ketones is 1. The number of hydrogen-bond acceptors (Lipinski definition) is 2. The molecule has 146 valence electrons. The summed E-state index contributed by atoms with van der Waals surface area (Å²) in [7, 11) is 0. The first-order valence-electron chi connectivity index (χ1n) is 9.97. The molecular formula is C26H25NO2. The molecule has 3 nitrogen and oxygen atoms in total. The minimum Gasteiger partial charge on any atom is -0.326 e. The van der Waals surface area contributed by atoms with Gasteiger partial charge in [-0.1, -0.05) is 48.5 Å². The maximum atomic E-state index is 13.2.